The highest BCUT2D eigenvalue weighted by Gasteiger charge is 2.36. The van der Waals surface area contributed by atoms with Crippen molar-refractivity contribution in [3.63, 3.8) is 0 Å². The van der Waals surface area contributed by atoms with E-state index in [1.165, 1.54) is 12.8 Å². The van der Waals surface area contributed by atoms with Gasteiger partial charge in [0.1, 0.15) is 0 Å². The largest absolute Gasteiger partial charge is 0.481 e. The highest BCUT2D eigenvalue weighted by Crippen LogP contribution is 2.32. The van der Waals surface area contributed by atoms with Crippen molar-refractivity contribution < 1.29 is 14.7 Å². The highest BCUT2D eigenvalue weighted by molar-refractivity contribution is 5.79. The van der Waals surface area contributed by atoms with Gasteiger partial charge in [0.15, 0.2) is 0 Å². The molecule has 2 aliphatic rings. The number of hydrogen-bond donors (Lipinski definition) is 1. The first kappa shape index (κ1) is 11.4. The highest BCUT2D eigenvalue weighted by atomic mass is 16.4. The maximum atomic E-state index is 11.8. The van der Waals surface area contributed by atoms with Crippen molar-refractivity contribution in [2.75, 3.05) is 0 Å². The Morgan fingerprint density at radius 2 is 2.00 bits per heavy atom. The molecule has 1 unspecified atom stereocenters. The number of hydrogen-bond acceptors (Lipinski definition) is 2. The van der Waals surface area contributed by atoms with Crippen LogP contribution < -0.4 is 0 Å². The van der Waals surface area contributed by atoms with Gasteiger partial charge in [0.2, 0.25) is 5.91 Å². The zero-order chi connectivity index (χ0) is 11.5. The molecule has 0 aromatic rings. The fourth-order valence-corrected chi connectivity index (χ4v) is 3.02. The minimum Gasteiger partial charge on any atom is -0.481 e. The maximum Gasteiger partial charge on any atom is 0.303 e. The predicted molar refractivity (Wildman–Crippen MR) is 59.0 cm³/mol. The summed E-state index contributed by atoms with van der Waals surface area (Å²) in [7, 11) is 0. The van der Waals surface area contributed by atoms with Gasteiger partial charge in [-0.2, -0.15) is 0 Å². The average molecular weight is 225 g/mol. The van der Waals surface area contributed by atoms with Gasteiger partial charge in [-0.25, -0.2) is 0 Å². The lowest BCUT2D eigenvalue weighted by Crippen LogP contribution is -2.40. The minimum atomic E-state index is -0.759. The summed E-state index contributed by atoms with van der Waals surface area (Å²) in [5, 5.41) is 8.69. The van der Waals surface area contributed by atoms with Crippen molar-refractivity contribution in [1.82, 2.24) is 4.90 Å². The van der Waals surface area contributed by atoms with Crippen molar-refractivity contribution in [1.29, 1.82) is 0 Å². The second kappa shape index (κ2) is 4.85. The summed E-state index contributed by atoms with van der Waals surface area (Å²) < 4.78 is 0. The summed E-state index contributed by atoms with van der Waals surface area (Å²) in [5.74, 6) is -0.520. The quantitative estimate of drug-likeness (QED) is 0.793. The lowest BCUT2D eigenvalue weighted by molar-refractivity contribution is -0.138. The minimum absolute atomic E-state index is 0.182. The van der Waals surface area contributed by atoms with Crippen LogP contribution in [-0.4, -0.2) is 34.0 Å². The fourth-order valence-electron chi connectivity index (χ4n) is 3.02. The molecule has 2 fully saturated rings. The molecule has 2 rings (SSSR count). The Hall–Kier alpha value is -1.06. The van der Waals surface area contributed by atoms with Gasteiger partial charge in [-0.1, -0.05) is 12.8 Å². The molecular weight excluding hydrogens is 206 g/mol. The number of nitrogens with zero attached hydrogens (tertiary/aromatic N) is 1. The normalized spacial score (nSPS) is 26.6. The van der Waals surface area contributed by atoms with E-state index in [1.54, 1.807) is 0 Å². The number of carbonyl (C=O) groups is 2. The van der Waals surface area contributed by atoms with E-state index in [0.717, 1.165) is 19.3 Å². The van der Waals surface area contributed by atoms with Crippen LogP contribution in [0.4, 0.5) is 0 Å². The van der Waals surface area contributed by atoms with Crippen molar-refractivity contribution in [2.24, 2.45) is 0 Å². The van der Waals surface area contributed by atoms with Crippen LogP contribution in [0.25, 0.3) is 0 Å². The number of aliphatic carboxylic acids is 1. The van der Waals surface area contributed by atoms with Crippen molar-refractivity contribution in [2.45, 2.75) is 63.5 Å². The van der Waals surface area contributed by atoms with E-state index in [9.17, 15) is 9.59 Å². The monoisotopic (exact) mass is 225 g/mol. The first-order valence-electron chi connectivity index (χ1n) is 6.21. The van der Waals surface area contributed by atoms with E-state index in [1.807, 2.05) is 4.90 Å². The molecular formula is C12H19NO3. The van der Waals surface area contributed by atoms with Crippen LogP contribution in [0.1, 0.15) is 51.4 Å². The van der Waals surface area contributed by atoms with Gasteiger partial charge in [-0.05, 0) is 25.7 Å². The summed E-state index contributed by atoms with van der Waals surface area (Å²) in [4.78, 5) is 24.4. The molecule has 4 heteroatoms. The maximum absolute atomic E-state index is 11.8. The molecule has 1 heterocycles. The van der Waals surface area contributed by atoms with Crippen LogP contribution >= 0.6 is 0 Å². The van der Waals surface area contributed by atoms with E-state index in [2.05, 4.69) is 0 Å². The van der Waals surface area contributed by atoms with Crippen molar-refractivity contribution in [3.8, 4) is 0 Å². The molecule has 90 valence electrons. The summed E-state index contributed by atoms with van der Waals surface area (Å²) >= 11 is 0. The number of amides is 1. The number of likely N-dealkylation sites (tertiary alicyclic amines) is 1. The molecule has 16 heavy (non-hydrogen) atoms. The van der Waals surface area contributed by atoms with Crippen LogP contribution in [0.2, 0.25) is 0 Å². The van der Waals surface area contributed by atoms with Gasteiger partial charge in [0, 0.05) is 24.9 Å². The van der Waals surface area contributed by atoms with Crippen LogP contribution in [-0.2, 0) is 9.59 Å². The van der Waals surface area contributed by atoms with Crippen LogP contribution in [0.5, 0.6) is 0 Å². The average Bonchev–Trinajstić information content (AvgIpc) is 2.83. The predicted octanol–water partition coefficient (Wildman–Crippen LogP) is 1.78. The second-order valence-electron chi connectivity index (χ2n) is 4.86. The molecule has 1 atom stereocenters. The van der Waals surface area contributed by atoms with Crippen LogP contribution in [0, 0.1) is 0 Å². The number of carbonyl (C=O) groups excluding carboxylic acids is 1. The zero-order valence-electron chi connectivity index (χ0n) is 9.52. The number of rotatable bonds is 4. The topological polar surface area (TPSA) is 57.6 Å². The van der Waals surface area contributed by atoms with Gasteiger partial charge in [0.25, 0.3) is 0 Å². The Kier molecular flexibility index (Phi) is 3.46. The third-order valence-corrected chi connectivity index (χ3v) is 3.78. The summed E-state index contributed by atoms with van der Waals surface area (Å²) in [5.41, 5.74) is 0. The van der Waals surface area contributed by atoms with E-state index in [4.69, 9.17) is 5.11 Å². The molecule has 1 aliphatic heterocycles. The molecule has 1 aliphatic carbocycles. The van der Waals surface area contributed by atoms with Crippen molar-refractivity contribution >= 4 is 11.9 Å². The summed E-state index contributed by atoms with van der Waals surface area (Å²) in [6.07, 6.45) is 6.90. The van der Waals surface area contributed by atoms with Gasteiger partial charge in [-0.3, -0.25) is 9.59 Å². The number of carboxylic acids is 1. The molecule has 1 saturated heterocycles. The lowest BCUT2D eigenvalue weighted by atomic mass is 10.1. The van der Waals surface area contributed by atoms with Gasteiger partial charge in [-0.15, -0.1) is 0 Å². The van der Waals surface area contributed by atoms with Crippen LogP contribution in [0.3, 0.4) is 0 Å². The Morgan fingerprint density at radius 3 is 2.62 bits per heavy atom. The summed E-state index contributed by atoms with van der Waals surface area (Å²) in [6, 6.07) is 0.584. The SMILES string of the molecule is O=C(O)CCC1CCC(=O)N1C1CCCC1. The molecule has 0 aromatic carbocycles. The number of carboxylic acid groups (broad SMARTS) is 1. The molecule has 0 radical (unpaired) electrons. The first-order valence-corrected chi connectivity index (χ1v) is 6.21. The first-order chi connectivity index (χ1) is 7.68. The van der Waals surface area contributed by atoms with E-state index >= 15 is 0 Å². The zero-order valence-corrected chi connectivity index (χ0v) is 9.52. The van der Waals surface area contributed by atoms with Gasteiger partial charge >= 0.3 is 5.97 Å². The van der Waals surface area contributed by atoms with E-state index in [-0.39, 0.29) is 18.4 Å². The molecule has 1 saturated carbocycles. The smallest absolute Gasteiger partial charge is 0.303 e. The fraction of sp³-hybridized carbons (Fsp3) is 0.833. The Balaban J connectivity index is 1.95. The Bertz CT molecular complexity index is 284. The van der Waals surface area contributed by atoms with E-state index in [0.29, 0.717) is 18.9 Å². The second-order valence-corrected chi connectivity index (χ2v) is 4.86. The Labute approximate surface area is 95.6 Å². The third kappa shape index (κ3) is 2.36. The standard InChI is InChI=1S/C12H19NO3/c14-11-7-5-10(6-8-12(15)16)13(11)9-3-1-2-4-9/h9-10H,1-8H2,(H,15,16). The summed E-state index contributed by atoms with van der Waals surface area (Å²) in [6.45, 7) is 0. The molecule has 0 bridgehead atoms. The molecule has 0 aromatic heterocycles. The van der Waals surface area contributed by atoms with Gasteiger partial charge in [0.05, 0.1) is 0 Å². The molecule has 0 spiro atoms. The molecule has 4 nitrogen and oxygen atoms in total. The molecule has 1 N–H and O–H groups in total. The van der Waals surface area contributed by atoms with E-state index < -0.39 is 5.97 Å². The van der Waals surface area contributed by atoms with Crippen molar-refractivity contribution in [3.05, 3.63) is 0 Å². The Morgan fingerprint density at radius 1 is 1.31 bits per heavy atom. The van der Waals surface area contributed by atoms with Crippen LogP contribution in [0.15, 0.2) is 0 Å². The third-order valence-electron chi connectivity index (χ3n) is 3.78. The lowest BCUT2D eigenvalue weighted by Gasteiger charge is -2.30. The molecule has 1 amide bonds. The van der Waals surface area contributed by atoms with Gasteiger partial charge < -0.3 is 10.0 Å².